The maximum Gasteiger partial charge on any atom is 0.0938 e. The van der Waals surface area contributed by atoms with E-state index in [9.17, 15) is 10.2 Å². The van der Waals surface area contributed by atoms with E-state index in [0.29, 0.717) is 19.6 Å². The number of aliphatic hydroxyl groups excluding tert-OH is 2. The highest BCUT2D eigenvalue weighted by Gasteiger charge is 2.34. The molecule has 1 aliphatic heterocycles. The van der Waals surface area contributed by atoms with Crippen LogP contribution in [0.1, 0.15) is 10.9 Å². The van der Waals surface area contributed by atoms with Gasteiger partial charge in [0, 0.05) is 24.5 Å². The van der Waals surface area contributed by atoms with Gasteiger partial charge in [0.1, 0.15) is 0 Å². The van der Waals surface area contributed by atoms with Gasteiger partial charge >= 0.3 is 0 Å². The first kappa shape index (κ1) is 11.0. The highest BCUT2D eigenvalue weighted by Crippen LogP contribution is 2.27. The molecule has 3 unspecified atom stereocenters. The third kappa shape index (κ3) is 2.21. The molecule has 0 saturated carbocycles. The molecule has 3 atom stereocenters. The summed E-state index contributed by atoms with van der Waals surface area (Å²) < 4.78 is 0. The molecule has 0 aromatic carbocycles. The predicted octanol–water partition coefficient (Wildman–Crippen LogP) is -0.215. The van der Waals surface area contributed by atoms with E-state index in [1.165, 1.54) is 4.88 Å². The number of nitrogens with zero attached hydrogens (tertiary/aromatic N) is 1. The first-order valence-corrected chi connectivity index (χ1v) is 5.94. The Kier molecular flexibility index (Phi) is 3.38. The van der Waals surface area contributed by atoms with E-state index in [4.69, 9.17) is 5.73 Å². The number of hydrogen-bond acceptors (Lipinski definition) is 5. The van der Waals surface area contributed by atoms with Crippen molar-refractivity contribution in [2.24, 2.45) is 5.73 Å². The molecule has 2 heterocycles. The summed E-state index contributed by atoms with van der Waals surface area (Å²) in [4.78, 5) is 3.24. The summed E-state index contributed by atoms with van der Waals surface area (Å²) in [6.07, 6.45) is -1.28. The highest BCUT2D eigenvalue weighted by atomic mass is 32.1. The van der Waals surface area contributed by atoms with Crippen LogP contribution in [0.25, 0.3) is 0 Å². The van der Waals surface area contributed by atoms with Gasteiger partial charge in [-0.25, -0.2) is 0 Å². The van der Waals surface area contributed by atoms with Gasteiger partial charge in [0.05, 0.1) is 18.2 Å². The largest absolute Gasteiger partial charge is 0.389 e. The smallest absolute Gasteiger partial charge is 0.0938 e. The third-order valence-electron chi connectivity index (χ3n) is 2.82. The average molecular weight is 228 g/mol. The molecule has 5 heteroatoms. The number of nitrogens with two attached hydrogens (primary N) is 1. The van der Waals surface area contributed by atoms with E-state index in [1.54, 1.807) is 11.3 Å². The second-order valence-electron chi connectivity index (χ2n) is 3.86. The molecule has 4 N–H and O–H groups in total. The lowest BCUT2D eigenvalue weighted by Gasteiger charge is -2.25. The van der Waals surface area contributed by atoms with Crippen LogP contribution in [0.15, 0.2) is 17.5 Å². The Labute approximate surface area is 92.9 Å². The van der Waals surface area contributed by atoms with Crippen molar-refractivity contribution in [3.63, 3.8) is 0 Å². The van der Waals surface area contributed by atoms with Crippen LogP contribution in [0, 0.1) is 0 Å². The third-order valence-corrected chi connectivity index (χ3v) is 3.80. The van der Waals surface area contributed by atoms with Crippen LogP contribution >= 0.6 is 11.3 Å². The Bertz CT molecular complexity index is 294. The van der Waals surface area contributed by atoms with Gasteiger partial charge in [0.2, 0.25) is 0 Å². The van der Waals surface area contributed by atoms with Gasteiger partial charge in [-0.2, -0.15) is 0 Å². The summed E-state index contributed by atoms with van der Waals surface area (Å²) in [7, 11) is 0. The summed E-state index contributed by atoms with van der Waals surface area (Å²) in [5.74, 6) is 0. The van der Waals surface area contributed by atoms with Crippen molar-refractivity contribution < 1.29 is 10.2 Å². The van der Waals surface area contributed by atoms with Crippen molar-refractivity contribution >= 4 is 11.3 Å². The molecule has 0 radical (unpaired) electrons. The number of likely N-dealkylation sites (tertiary alicyclic amines) is 1. The number of hydrogen-bond donors (Lipinski definition) is 3. The number of thiophene rings is 1. The Morgan fingerprint density at radius 3 is 2.60 bits per heavy atom. The Morgan fingerprint density at radius 2 is 2.13 bits per heavy atom. The maximum absolute atomic E-state index is 9.48. The van der Waals surface area contributed by atoms with Gasteiger partial charge < -0.3 is 15.9 Å². The molecule has 4 nitrogen and oxygen atoms in total. The van der Waals surface area contributed by atoms with Crippen LogP contribution in [-0.4, -0.2) is 47.0 Å². The molecular weight excluding hydrogens is 212 g/mol. The molecule has 0 amide bonds. The van der Waals surface area contributed by atoms with Crippen molar-refractivity contribution in [1.82, 2.24) is 4.90 Å². The predicted molar refractivity (Wildman–Crippen MR) is 59.7 cm³/mol. The number of aliphatic hydroxyl groups is 2. The van der Waals surface area contributed by atoms with Crippen LogP contribution in [0.2, 0.25) is 0 Å². The normalized spacial score (nSPS) is 29.5. The van der Waals surface area contributed by atoms with Gasteiger partial charge in [-0.3, -0.25) is 4.90 Å². The SMILES string of the molecule is NCC(c1cccs1)N1CC(O)C(O)C1. The van der Waals surface area contributed by atoms with Crippen LogP contribution in [0.5, 0.6) is 0 Å². The fraction of sp³-hybridized carbons (Fsp3) is 0.600. The van der Waals surface area contributed by atoms with E-state index >= 15 is 0 Å². The Balaban J connectivity index is 2.08. The molecule has 1 saturated heterocycles. The zero-order valence-electron chi connectivity index (χ0n) is 8.41. The van der Waals surface area contributed by atoms with E-state index in [1.807, 2.05) is 22.4 Å². The maximum atomic E-state index is 9.48. The topological polar surface area (TPSA) is 69.7 Å². The second kappa shape index (κ2) is 4.59. The molecule has 84 valence electrons. The standard InChI is InChI=1S/C10H16N2O2S/c11-4-7(10-2-1-3-15-10)12-5-8(13)9(14)6-12/h1-3,7-9,13-14H,4-6,11H2. The molecule has 2 rings (SSSR count). The summed E-state index contributed by atoms with van der Waals surface area (Å²) in [5, 5.41) is 21.0. The second-order valence-corrected chi connectivity index (χ2v) is 4.83. The first-order chi connectivity index (χ1) is 7.22. The monoisotopic (exact) mass is 228 g/mol. The summed E-state index contributed by atoms with van der Waals surface area (Å²) >= 11 is 1.66. The van der Waals surface area contributed by atoms with Gasteiger partial charge in [-0.1, -0.05) is 6.07 Å². The molecule has 0 spiro atoms. The summed E-state index contributed by atoms with van der Waals surface area (Å²) in [6, 6.07) is 4.15. The highest BCUT2D eigenvalue weighted by molar-refractivity contribution is 7.10. The van der Waals surface area contributed by atoms with Crippen LogP contribution in [-0.2, 0) is 0 Å². The van der Waals surface area contributed by atoms with Crippen LogP contribution < -0.4 is 5.73 Å². The number of β-amino-alcohol motifs (C(OH)–C–C–N with tert-alkyl or cyclic N) is 2. The minimum absolute atomic E-state index is 0.122. The van der Waals surface area contributed by atoms with E-state index in [0.717, 1.165) is 0 Å². The molecule has 1 aliphatic rings. The molecular formula is C10H16N2O2S. The first-order valence-electron chi connectivity index (χ1n) is 5.06. The van der Waals surface area contributed by atoms with Gasteiger partial charge in [-0.15, -0.1) is 11.3 Å². The molecule has 1 aromatic heterocycles. The van der Waals surface area contributed by atoms with E-state index in [-0.39, 0.29) is 6.04 Å². The average Bonchev–Trinajstić information content (AvgIpc) is 2.80. The zero-order valence-corrected chi connectivity index (χ0v) is 9.23. The van der Waals surface area contributed by atoms with Gasteiger partial charge in [0.25, 0.3) is 0 Å². The lowest BCUT2D eigenvalue weighted by atomic mass is 10.2. The van der Waals surface area contributed by atoms with Gasteiger partial charge in [0.15, 0.2) is 0 Å². The van der Waals surface area contributed by atoms with Crippen LogP contribution in [0.4, 0.5) is 0 Å². The Hall–Kier alpha value is -0.460. The zero-order chi connectivity index (χ0) is 10.8. The van der Waals surface area contributed by atoms with Crippen molar-refractivity contribution in [2.75, 3.05) is 19.6 Å². The molecule has 0 aliphatic carbocycles. The van der Waals surface area contributed by atoms with E-state index in [2.05, 4.69) is 0 Å². The minimum Gasteiger partial charge on any atom is -0.389 e. The quantitative estimate of drug-likeness (QED) is 0.669. The summed E-state index contributed by atoms with van der Waals surface area (Å²) in [5.41, 5.74) is 5.74. The fourth-order valence-corrected chi connectivity index (χ4v) is 2.85. The summed E-state index contributed by atoms with van der Waals surface area (Å²) in [6.45, 7) is 1.52. The fourth-order valence-electron chi connectivity index (χ4n) is 1.98. The molecule has 15 heavy (non-hydrogen) atoms. The molecule has 1 fully saturated rings. The van der Waals surface area contributed by atoms with Crippen molar-refractivity contribution in [3.8, 4) is 0 Å². The molecule has 0 bridgehead atoms. The molecule has 1 aromatic rings. The lowest BCUT2D eigenvalue weighted by molar-refractivity contribution is 0.0572. The van der Waals surface area contributed by atoms with Crippen molar-refractivity contribution in [2.45, 2.75) is 18.2 Å². The van der Waals surface area contributed by atoms with Crippen molar-refractivity contribution in [1.29, 1.82) is 0 Å². The van der Waals surface area contributed by atoms with Gasteiger partial charge in [-0.05, 0) is 11.4 Å². The Morgan fingerprint density at radius 1 is 1.47 bits per heavy atom. The number of rotatable bonds is 3. The van der Waals surface area contributed by atoms with Crippen molar-refractivity contribution in [3.05, 3.63) is 22.4 Å². The van der Waals surface area contributed by atoms with E-state index < -0.39 is 12.2 Å². The minimum atomic E-state index is -0.640. The van der Waals surface area contributed by atoms with Crippen LogP contribution in [0.3, 0.4) is 0 Å². The lowest BCUT2D eigenvalue weighted by Crippen LogP contribution is -2.32.